The van der Waals surface area contributed by atoms with Crippen molar-refractivity contribution in [2.24, 2.45) is 0 Å². The van der Waals surface area contributed by atoms with Gasteiger partial charge >= 0.3 is 0 Å². The summed E-state index contributed by atoms with van der Waals surface area (Å²) in [6, 6.07) is 10.9. The van der Waals surface area contributed by atoms with Crippen molar-refractivity contribution in [3.8, 4) is 0 Å². The van der Waals surface area contributed by atoms with Crippen LogP contribution in [0.4, 0.5) is 0 Å². The Hall–Kier alpha value is -1.16. The summed E-state index contributed by atoms with van der Waals surface area (Å²) in [5.41, 5.74) is 4.03. The number of rotatable bonds is 4. The number of hydrogen-bond donors (Lipinski definition) is 1. The third kappa shape index (κ3) is 2.57. The summed E-state index contributed by atoms with van der Waals surface area (Å²) in [7, 11) is 0. The van der Waals surface area contributed by atoms with Gasteiger partial charge in [0.25, 0.3) is 0 Å². The summed E-state index contributed by atoms with van der Waals surface area (Å²) in [6.45, 7) is 3.42. The minimum atomic E-state index is 0.772. The number of thiophene rings is 1. The molecule has 1 aliphatic heterocycles. The molecule has 0 aliphatic carbocycles. The van der Waals surface area contributed by atoms with Gasteiger partial charge in [-0.3, -0.25) is 0 Å². The predicted molar refractivity (Wildman–Crippen MR) is 69.8 cm³/mol. The topological polar surface area (TPSA) is 21.3 Å². The second kappa shape index (κ2) is 5.00. The normalized spacial score (nSPS) is 13.9. The molecule has 2 nitrogen and oxygen atoms in total. The van der Waals surface area contributed by atoms with E-state index in [0.717, 1.165) is 26.3 Å². The van der Waals surface area contributed by atoms with Crippen LogP contribution in [0, 0.1) is 0 Å². The van der Waals surface area contributed by atoms with Crippen LogP contribution in [0.15, 0.2) is 35.7 Å². The molecule has 0 saturated heterocycles. The van der Waals surface area contributed by atoms with Gasteiger partial charge in [-0.2, -0.15) is 0 Å². The number of benzene rings is 1. The van der Waals surface area contributed by atoms with Crippen molar-refractivity contribution in [1.29, 1.82) is 0 Å². The molecule has 0 saturated carbocycles. The largest absolute Gasteiger partial charge is 0.372 e. The fourth-order valence-corrected chi connectivity index (χ4v) is 2.75. The van der Waals surface area contributed by atoms with Crippen LogP contribution in [0.5, 0.6) is 0 Å². The summed E-state index contributed by atoms with van der Waals surface area (Å²) in [4.78, 5) is 1.38. The van der Waals surface area contributed by atoms with E-state index < -0.39 is 0 Å². The third-order valence-corrected chi connectivity index (χ3v) is 3.87. The molecule has 0 fully saturated rings. The zero-order valence-electron chi connectivity index (χ0n) is 9.61. The zero-order chi connectivity index (χ0) is 11.5. The zero-order valence-corrected chi connectivity index (χ0v) is 10.4. The van der Waals surface area contributed by atoms with Crippen LogP contribution in [-0.4, -0.2) is 0 Å². The van der Waals surface area contributed by atoms with E-state index in [1.807, 2.05) is 0 Å². The summed E-state index contributed by atoms with van der Waals surface area (Å²) < 4.78 is 5.41. The molecule has 1 aliphatic rings. The van der Waals surface area contributed by atoms with E-state index in [2.05, 4.69) is 41.0 Å². The molecular formula is C14H15NOS. The molecule has 3 heteroatoms. The van der Waals surface area contributed by atoms with Crippen LogP contribution in [0.2, 0.25) is 0 Å². The van der Waals surface area contributed by atoms with Crippen LogP contribution in [0.3, 0.4) is 0 Å². The Morgan fingerprint density at radius 3 is 2.94 bits per heavy atom. The lowest BCUT2D eigenvalue weighted by atomic mass is 10.1. The van der Waals surface area contributed by atoms with Gasteiger partial charge in [0.05, 0.1) is 13.2 Å². The number of ether oxygens (including phenoxy) is 1. The highest BCUT2D eigenvalue weighted by molar-refractivity contribution is 7.09. The first kappa shape index (κ1) is 11.0. The van der Waals surface area contributed by atoms with Crippen molar-refractivity contribution in [2.75, 3.05) is 0 Å². The second-order valence-electron chi connectivity index (χ2n) is 4.28. The van der Waals surface area contributed by atoms with Crippen LogP contribution in [0.25, 0.3) is 0 Å². The molecule has 2 heterocycles. The van der Waals surface area contributed by atoms with Crippen molar-refractivity contribution in [3.63, 3.8) is 0 Å². The second-order valence-corrected chi connectivity index (χ2v) is 5.31. The fourth-order valence-electron chi connectivity index (χ4n) is 2.08. The summed E-state index contributed by atoms with van der Waals surface area (Å²) in [6.07, 6.45) is 0. The predicted octanol–water partition coefficient (Wildman–Crippen LogP) is 3.07. The lowest BCUT2D eigenvalue weighted by Crippen LogP contribution is -2.11. The van der Waals surface area contributed by atoms with E-state index in [1.165, 1.54) is 21.6 Å². The monoisotopic (exact) mass is 245 g/mol. The highest BCUT2D eigenvalue weighted by Gasteiger charge is 2.10. The highest BCUT2D eigenvalue weighted by Crippen LogP contribution is 2.20. The SMILES string of the molecule is c1csc(CNCc2ccc3c(c2)COC3)c1. The van der Waals surface area contributed by atoms with Crippen LogP contribution in [-0.2, 0) is 31.0 Å². The van der Waals surface area contributed by atoms with E-state index in [9.17, 15) is 0 Å². The van der Waals surface area contributed by atoms with Crippen molar-refractivity contribution < 1.29 is 4.74 Å². The molecule has 0 bridgehead atoms. The Labute approximate surface area is 105 Å². The molecule has 1 aromatic heterocycles. The highest BCUT2D eigenvalue weighted by atomic mass is 32.1. The molecule has 1 aromatic carbocycles. The van der Waals surface area contributed by atoms with E-state index in [-0.39, 0.29) is 0 Å². The maximum Gasteiger partial charge on any atom is 0.0725 e. The van der Waals surface area contributed by atoms with Gasteiger partial charge in [-0.25, -0.2) is 0 Å². The van der Waals surface area contributed by atoms with E-state index in [4.69, 9.17) is 4.74 Å². The molecule has 88 valence electrons. The number of fused-ring (bicyclic) bond motifs is 1. The maximum atomic E-state index is 5.41. The first-order chi connectivity index (χ1) is 8.42. The molecule has 2 aromatic rings. The first-order valence-corrected chi connectivity index (χ1v) is 6.71. The fraction of sp³-hybridized carbons (Fsp3) is 0.286. The van der Waals surface area contributed by atoms with Crippen molar-refractivity contribution in [1.82, 2.24) is 5.32 Å². The molecule has 0 unspecified atom stereocenters. The standard InChI is InChI=1S/C14H15NOS/c1-2-14(17-5-1)8-15-7-11-3-4-12-9-16-10-13(12)6-11/h1-6,15H,7-10H2. The summed E-state index contributed by atoms with van der Waals surface area (Å²) in [5.74, 6) is 0. The first-order valence-electron chi connectivity index (χ1n) is 5.83. The Kier molecular flexibility index (Phi) is 3.22. The van der Waals surface area contributed by atoms with Crippen molar-refractivity contribution in [3.05, 3.63) is 57.3 Å². The van der Waals surface area contributed by atoms with Gasteiger partial charge in [0.1, 0.15) is 0 Å². The molecule has 0 radical (unpaired) electrons. The van der Waals surface area contributed by atoms with E-state index in [0.29, 0.717) is 0 Å². The van der Waals surface area contributed by atoms with Crippen molar-refractivity contribution in [2.45, 2.75) is 26.3 Å². The minimum absolute atomic E-state index is 0.772. The molecule has 0 spiro atoms. The number of hydrogen-bond acceptors (Lipinski definition) is 3. The minimum Gasteiger partial charge on any atom is -0.372 e. The van der Waals surface area contributed by atoms with Gasteiger partial charge in [0.2, 0.25) is 0 Å². The molecule has 0 amide bonds. The average molecular weight is 245 g/mol. The molecule has 0 atom stereocenters. The Balaban J connectivity index is 1.58. The van der Waals surface area contributed by atoms with Gasteiger partial charge < -0.3 is 10.1 Å². The van der Waals surface area contributed by atoms with Gasteiger partial charge in [-0.15, -0.1) is 11.3 Å². The summed E-state index contributed by atoms with van der Waals surface area (Å²) in [5, 5.41) is 5.58. The Morgan fingerprint density at radius 1 is 1.12 bits per heavy atom. The molecule has 17 heavy (non-hydrogen) atoms. The van der Waals surface area contributed by atoms with Gasteiger partial charge in [-0.05, 0) is 28.1 Å². The Bertz CT molecular complexity index is 493. The van der Waals surface area contributed by atoms with Gasteiger partial charge in [0.15, 0.2) is 0 Å². The van der Waals surface area contributed by atoms with Gasteiger partial charge in [-0.1, -0.05) is 24.3 Å². The maximum absolute atomic E-state index is 5.41. The molecule has 1 N–H and O–H groups in total. The number of nitrogens with one attached hydrogen (secondary N) is 1. The molecule has 3 rings (SSSR count). The Morgan fingerprint density at radius 2 is 2.06 bits per heavy atom. The lowest BCUT2D eigenvalue weighted by molar-refractivity contribution is 0.134. The van der Waals surface area contributed by atoms with Crippen LogP contribution < -0.4 is 5.32 Å². The van der Waals surface area contributed by atoms with Crippen molar-refractivity contribution >= 4 is 11.3 Å². The quantitative estimate of drug-likeness (QED) is 0.894. The van der Waals surface area contributed by atoms with Gasteiger partial charge in [0, 0.05) is 18.0 Å². The smallest absolute Gasteiger partial charge is 0.0725 e. The molecular weight excluding hydrogens is 230 g/mol. The van der Waals surface area contributed by atoms with Crippen LogP contribution >= 0.6 is 11.3 Å². The lowest BCUT2D eigenvalue weighted by Gasteiger charge is -2.05. The third-order valence-electron chi connectivity index (χ3n) is 2.99. The summed E-state index contributed by atoms with van der Waals surface area (Å²) >= 11 is 1.80. The average Bonchev–Trinajstić information content (AvgIpc) is 2.98. The van der Waals surface area contributed by atoms with E-state index in [1.54, 1.807) is 11.3 Å². The van der Waals surface area contributed by atoms with Crippen LogP contribution in [0.1, 0.15) is 21.6 Å². The van der Waals surface area contributed by atoms with E-state index >= 15 is 0 Å².